The quantitative estimate of drug-likeness (QED) is 0.879. The van der Waals surface area contributed by atoms with Crippen molar-refractivity contribution in [3.63, 3.8) is 0 Å². The van der Waals surface area contributed by atoms with Crippen LogP contribution in [0.2, 0.25) is 0 Å². The Morgan fingerprint density at radius 1 is 1.33 bits per heavy atom. The van der Waals surface area contributed by atoms with Crippen LogP contribution in [0.1, 0.15) is 42.9 Å². The summed E-state index contributed by atoms with van der Waals surface area (Å²) in [5, 5.41) is 3.47. The maximum Gasteiger partial charge on any atom is 0.0236 e. The lowest BCUT2D eigenvalue weighted by Crippen LogP contribution is -2.28. The molecule has 1 N–H and O–H groups in total. The minimum Gasteiger partial charge on any atom is -0.312 e. The number of likely N-dealkylation sites (tertiary alicyclic amines) is 1. The second kappa shape index (κ2) is 5.41. The molecule has 0 radical (unpaired) electrons. The van der Waals surface area contributed by atoms with Crippen molar-refractivity contribution >= 4 is 0 Å². The van der Waals surface area contributed by atoms with Gasteiger partial charge in [-0.1, -0.05) is 25.1 Å². The van der Waals surface area contributed by atoms with Gasteiger partial charge in [0.25, 0.3) is 0 Å². The maximum atomic E-state index is 3.47. The van der Waals surface area contributed by atoms with Gasteiger partial charge in [-0.15, -0.1) is 0 Å². The van der Waals surface area contributed by atoms with E-state index in [0.717, 1.165) is 25.7 Å². The lowest BCUT2D eigenvalue weighted by atomic mass is 9.98. The molecule has 3 rings (SSSR count). The first-order valence-corrected chi connectivity index (χ1v) is 7.42. The van der Waals surface area contributed by atoms with Crippen molar-refractivity contribution in [2.24, 2.45) is 0 Å². The van der Waals surface area contributed by atoms with Gasteiger partial charge in [-0.3, -0.25) is 4.90 Å². The highest BCUT2D eigenvalue weighted by Crippen LogP contribution is 2.23. The fraction of sp³-hybridized carbons (Fsp3) is 0.625. The SMILES string of the molecule is CCC1CCCN1Cc1ccc2c(c1)CNCC2. The molecule has 0 saturated carbocycles. The Kier molecular flexibility index (Phi) is 3.67. The molecule has 2 nitrogen and oxygen atoms in total. The lowest BCUT2D eigenvalue weighted by Gasteiger charge is -2.24. The van der Waals surface area contributed by atoms with Crippen molar-refractivity contribution in [3.05, 3.63) is 34.9 Å². The average Bonchev–Trinajstić information content (AvgIpc) is 2.86. The summed E-state index contributed by atoms with van der Waals surface area (Å²) in [6.45, 7) is 6.94. The molecule has 2 heterocycles. The van der Waals surface area contributed by atoms with Crippen LogP contribution in [0.4, 0.5) is 0 Å². The summed E-state index contributed by atoms with van der Waals surface area (Å²) in [6, 6.07) is 7.93. The normalized spacial score (nSPS) is 24.2. The molecule has 0 amide bonds. The molecule has 0 bridgehead atoms. The van der Waals surface area contributed by atoms with Gasteiger partial charge in [0, 0.05) is 19.1 Å². The van der Waals surface area contributed by atoms with Gasteiger partial charge >= 0.3 is 0 Å². The summed E-state index contributed by atoms with van der Waals surface area (Å²) in [6.07, 6.45) is 5.26. The van der Waals surface area contributed by atoms with Crippen molar-refractivity contribution in [3.8, 4) is 0 Å². The number of rotatable bonds is 3. The second-order valence-corrected chi connectivity index (χ2v) is 5.70. The van der Waals surface area contributed by atoms with Crippen LogP contribution in [0.3, 0.4) is 0 Å². The molecular weight excluding hydrogens is 220 g/mol. The first-order valence-electron chi connectivity index (χ1n) is 7.42. The van der Waals surface area contributed by atoms with E-state index in [1.807, 2.05) is 0 Å². The molecule has 0 aliphatic carbocycles. The highest BCUT2D eigenvalue weighted by molar-refractivity contribution is 5.33. The van der Waals surface area contributed by atoms with Gasteiger partial charge < -0.3 is 5.32 Å². The minimum absolute atomic E-state index is 0.819. The Morgan fingerprint density at radius 2 is 2.28 bits per heavy atom. The average molecular weight is 244 g/mol. The van der Waals surface area contributed by atoms with Crippen LogP contribution < -0.4 is 5.32 Å². The zero-order chi connectivity index (χ0) is 12.4. The number of benzene rings is 1. The van der Waals surface area contributed by atoms with Crippen molar-refractivity contribution in [2.75, 3.05) is 13.1 Å². The number of hydrogen-bond donors (Lipinski definition) is 1. The van der Waals surface area contributed by atoms with Crippen LogP contribution in [-0.4, -0.2) is 24.0 Å². The Morgan fingerprint density at radius 3 is 3.17 bits per heavy atom. The van der Waals surface area contributed by atoms with Gasteiger partial charge in [0.15, 0.2) is 0 Å². The number of nitrogens with one attached hydrogen (secondary N) is 1. The van der Waals surface area contributed by atoms with Gasteiger partial charge in [-0.05, 0) is 55.5 Å². The summed E-state index contributed by atoms with van der Waals surface area (Å²) in [7, 11) is 0. The Bertz CT molecular complexity index is 414. The summed E-state index contributed by atoms with van der Waals surface area (Å²) < 4.78 is 0. The van der Waals surface area contributed by atoms with E-state index >= 15 is 0 Å². The monoisotopic (exact) mass is 244 g/mol. The summed E-state index contributed by atoms with van der Waals surface area (Å²) in [4.78, 5) is 2.66. The van der Waals surface area contributed by atoms with Gasteiger partial charge in [0.05, 0.1) is 0 Å². The Balaban J connectivity index is 1.72. The Labute approximate surface area is 110 Å². The molecule has 18 heavy (non-hydrogen) atoms. The number of hydrogen-bond acceptors (Lipinski definition) is 2. The predicted octanol–water partition coefficient (Wildman–Crippen LogP) is 2.71. The van der Waals surface area contributed by atoms with E-state index in [-0.39, 0.29) is 0 Å². The minimum atomic E-state index is 0.819. The molecule has 2 aliphatic heterocycles. The predicted molar refractivity (Wildman–Crippen MR) is 75.6 cm³/mol. The third-order valence-corrected chi connectivity index (χ3v) is 4.51. The molecule has 0 spiro atoms. The van der Waals surface area contributed by atoms with E-state index in [1.54, 1.807) is 5.56 Å². The summed E-state index contributed by atoms with van der Waals surface area (Å²) in [5.74, 6) is 0. The number of fused-ring (bicyclic) bond motifs is 1. The van der Waals surface area contributed by atoms with Crippen LogP contribution in [0, 0.1) is 0 Å². The highest BCUT2D eigenvalue weighted by Gasteiger charge is 2.22. The first-order chi connectivity index (χ1) is 8.86. The van der Waals surface area contributed by atoms with Gasteiger partial charge in [-0.2, -0.15) is 0 Å². The van der Waals surface area contributed by atoms with E-state index < -0.39 is 0 Å². The maximum absolute atomic E-state index is 3.47. The van der Waals surface area contributed by atoms with Crippen LogP contribution in [-0.2, 0) is 19.5 Å². The molecule has 1 aromatic rings. The van der Waals surface area contributed by atoms with Crippen LogP contribution >= 0.6 is 0 Å². The first kappa shape index (κ1) is 12.2. The van der Waals surface area contributed by atoms with Crippen LogP contribution in [0.25, 0.3) is 0 Å². The zero-order valence-electron chi connectivity index (χ0n) is 11.4. The molecule has 1 saturated heterocycles. The van der Waals surface area contributed by atoms with Crippen molar-refractivity contribution in [1.29, 1.82) is 0 Å². The number of nitrogens with zero attached hydrogens (tertiary/aromatic N) is 1. The molecular formula is C16H24N2. The van der Waals surface area contributed by atoms with E-state index in [4.69, 9.17) is 0 Å². The van der Waals surface area contributed by atoms with Crippen LogP contribution in [0.15, 0.2) is 18.2 Å². The van der Waals surface area contributed by atoms with Crippen molar-refractivity contribution in [1.82, 2.24) is 10.2 Å². The Hall–Kier alpha value is -0.860. The smallest absolute Gasteiger partial charge is 0.0236 e. The standard InChI is InChI=1S/C16H24N2/c1-2-16-4-3-9-18(16)12-13-5-6-14-7-8-17-11-15(14)10-13/h5-6,10,16-17H,2-4,7-9,11-12H2,1H3. The largest absolute Gasteiger partial charge is 0.312 e. The van der Waals surface area contributed by atoms with E-state index in [0.29, 0.717) is 0 Å². The molecule has 98 valence electrons. The molecule has 1 fully saturated rings. The third-order valence-electron chi connectivity index (χ3n) is 4.51. The summed E-state index contributed by atoms with van der Waals surface area (Å²) in [5.41, 5.74) is 4.56. The van der Waals surface area contributed by atoms with Gasteiger partial charge in [0.2, 0.25) is 0 Å². The zero-order valence-corrected chi connectivity index (χ0v) is 11.4. The lowest BCUT2D eigenvalue weighted by molar-refractivity contribution is 0.240. The fourth-order valence-corrected chi connectivity index (χ4v) is 3.43. The molecule has 2 aliphatic rings. The highest BCUT2D eigenvalue weighted by atomic mass is 15.2. The molecule has 2 heteroatoms. The second-order valence-electron chi connectivity index (χ2n) is 5.70. The van der Waals surface area contributed by atoms with Crippen molar-refractivity contribution in [2.45, 2.75) is 51.7 Å². The van der Waals surface area contributed by atoms with E-state index in [2.05, 4.69) is 35.3 Å². The van der Waals surface area contributed by atoms with Crippen LogP contribution in [0.5, 0.6) is 0 Å². The van der Waals surface area contributed by atoms with E-state index in [9.17, 15) is 0 Å². The van der Waals surface area contributed by atoms with Gasteiger partial charge in [0.1, 0.15) is 0 Å². The summed E-state index contributed by atoms with van der Waals surface area (Å²) >= 11 is 0. The topological polar surface area (TPSA) is 15.3 Å². The fourth-order valence-electron chi connectivity index (χ4n) is 3.43. The van der Waals surface area contributed by atoms with Gasteiger partial charge in [-0.25, -0.2) is 0 Å². The molecule has 0 aromatic heterocycles. The van der Waals surface area contributed by atoms with E-state index in [1.165, 1.54) is 43.4 Å². The molecule has 1 aromatic carbocycles. The molecule has 1 unspecified atom stereocenters. The molecule has 1 atom stereocenters. The third kappa shape index (κ3) is 2.45. The van der Waals surface area contributed by atoms with Crippen molar-refractivity contribution < 1.29 is 0 Å².